The fourth-order valence-electron chi connectivity index (χ4n) is 1.56. The second kappa shape index (κ2) is 5.70. The van der Waals surface area contributed by atoms with Crippen molar-refractivity contribution in [1.29, 1.82) is 0 Å². The van der Waals surface area contributed by atoms with E-state index in [1.54, 1.807) is 11.3 Å². The van der Waals surface area contributed by atoms with Crippen LogP contribution in [0.1, 0.15) is 25.3 Å². The largest absolute Gasteiger partial charge is 0.356 e. The summed E-state index contributed by atoms with van der Waals surface area (Å²) in [6.45, 7) is 4.09. The minimum Gasteiger partial charge on any atom is -0.356 e. The van der Waals surface area contributed by atoms with Gasteiger partial charge in [-0.2, -0.15) is 11.3 Å². The van der Waals surface area contributed by atoms with Gasteiger partial charge in [0.1, 0.15) is 0 Å². The van der Waals surface area contributed by atoms with Gasteiger partial charge in [0.2, 0.25) is 5.95 Å². The van der Waals surface area contributed by atoms with Gasteiger partial charge in [-0.15, -0.1) is 0 Å². The topological polar surface area (TPSA) is 29.9 Å². The molecule has 2 aromatic rings. The Morgan fingerprint density at radius 1 is 1.50 bits per heavy atom. The molecule has 0 aliphatic carbocycles. The van der Waals surface area contributed by atoms with E-state index in [-0.39, 0.29) is 0 Å². The molecule has 0 saturated heterocycles. The molecule has 0 radical (unpaired) electrons. The zero-order valence-electron chi connectivity index (χ0n) is 9.52. The number of rotatable bonds is 6. The third-order valence-electron chi connectivity index (χ3n) is 2.46. The van der Waals surface area contributed by atoms with Crippen LogP contribution in [0.2, 0.25) is 0 Å². The van der Waals surface area contributed by atoms with Crippen LogP contribution in [0, 0.1) is 0 Å². The number of hydrogen-bond donors (Lipinski definition) is 1. The van der Waals surface area contributed by atoms with Crippen molar-refractivity contribution < 1.29 is 0 Å². The van der Waals surface area contributed by atoms with Crippen LogP contribution >= 0.6 is 11.3 Å². The van der Waals surface area contributed by atoms with E-state index in [4.69, 9.17) is 0 Å². The van der Waals surface area contributed by atoms with Crippen LogP contribution in [-0.2, 0) is 6.54 Å². The lowest BCUT2D eigenvalue weighted by molar-refractivity contribution is 0.777. The van der Waals surface area contributed by atoms with Gasteiger partial charge >= 0.3 is 0 Å². The Labute approximate surface area is 100 Å². The maximum Gasteiger partial charge on any atom is 0.203 e. The van der Waals surface area contributed by atoms with Gasteiger partial charge in [-0.3, -0.25) is 0 Å². The Morgan fingerprint density at radius 2 is 2.44 bits per heavy atom. The van der Waals surface area contributed by atoms with Crippen molar-refractivity contribution in [3.8, 4) is 0 Å². The number of anilines is 1. The minimum atomic E-state index is 0.901. The van der Waals surface area contributed by atoms with E-state index in [1.165, 1.54) is 18.4 Å². The highest BCUT2D eigenvalue weighted by atomic mass is 32.1. The molecule has 86 valence electrons. The summed E-state index contributed by atoms with van der Waals surface area (Å²) in [5.41, 5.74) is 1.33. The first kappa shape index (κ1) is 11.2. The first-order valence-electron chi connectivity index (χ1n) is 5.66. The fourth-order valence-corrected chi connectivity index (χ4v) is 2.22. The normalized spacial score (nSPS) is 10.6. The molecule has 2 aromatic heterocycles. The Bertz CT molecular complexity index is 406. The molecular formula is C12H17N3S. The van der Waals surface area contributed by atoms with E-state index >= 15 is 0 Å². The number of unbranched alkanes of at least 4 members (excludes halogenated alkanes) is 1. The Balaban J connectivity index is 1.96. The molecule has 0 bridgehead atoms. The van der Waals surface area contributed by atoms with E-state index < -0.39 is 0 Å². The molecule has 16 heavy (non-hydrogen) atoms. The zero-order chi connectivity index (χ0) is 11.2. The van der Waals surface area contributed by atoms with Gasteiger partial charge < -0.3 is 9.88 Å². The average Bonchev–Trinajstić information content (AvgIpc) is 2.92. The molecule has 0 unspecified atom stereocenters. The van der Waals surface area contributed by atoms with Gasteiger partial charge in [-0.1, -0.05) is 13.3 Å². The van der Waals surface area contributed by atoms with Crippen molar-refractivity contribution >= 4 is 17.3 Å². The van der Waals surface area contributed by atoms with E-state index in [0.29, 0.717) is 0 Å². The highest BCUT2D eigenvalue weighted by Crippen LogP contribution is 2.12. The summed E-state index contributed by atoms with van der Waals surface area (Å²) >= 11 is 1.73. The smallest absolute Gasteiger partial charge is 0.203 e. The number of imidazole rings is 1. The molecule has 1 N–H and O–H groups in total. The standard InChI is InChI=1S/C12H17N3S/c1-2-3-5-13-12-14-6-7-15(12)9-11-4-8-16-10-11/h4,6-8,10H,2-3,5,9H2,1H3,(H,13,14). The third kappa shape index (κ3) is 2.85. The predicted octanol–water partition coefficient (Wildman–Crippen LogP) is 3.20. The van der Waals surface area contributed by atoms with Crippen LogP contribution in [0.15, 0.2) is 29.2 Å². The third-order valence-corrected chi connectivity index (χ3v) is 3.19. The van der Waals surface area contributed by atoms with Crippen molar-refractivity contribution in [2.75, 3.05) is 11.9 Å². The predicted molar refractivity (Wildman–Crippen MR) is 69.0 cm³/mol. The van der Waals surface area contributed by atoms with Crippen LogP contribution in [0.4, 0.5) is 5.95 Å². The lowest BCUT2D eigenvalue weighted by atomic mass is 10.3. The quantitative estimate of drug-likeness (QED) is 0.779. The van der Waals surface area contributed by atoms with Gasteiger partial charge in [0.25, 0.3) is 0 Å². The van der Waals surface area contributed by atoms with Crippen LogP contribution in [0.5, 0.6) is 0 Å². The number of nitrogens with one attached hydrogen (secondary N) is 1. The maximum absolute atomic E-state index is 4.32. The summed E-state index contributed by atoms with van der Waals surface area (Å²) in [7, 11) is 0. The van der Waals surface area contributed by atoms with Crippen molar-refractivity contribution in [2.24, 2.45) is 0 Å². The molecule has 0 aliphatic heterocycles. The number of thiophene rings is 1. The van der Waals surface area contributed by atoms with Gasteiger partial charge in [0, 0.05) is 18.9 Å². The van der Waals surface area contributed by atoms with Gasteiger partial charge in [0.15, 0.2) is 0 Å². The lowest BCUT2D eigenvalue weighted by Gasteiger charge is -2.08. The van der Waals surface area contributed by atoms with Crippen LogP contribution < -0.4 is 5.32 Å². The van der Waals surface area contributed by atoms with Crippen molar-refractivity contribution in [2.45, 2.75) is 26.3 Å². The van der Waals surface area contributed by atoms with Crippen LogP contribution in [-0.4, -0.2) is 16.1 Å². The molecule has 0 saturated carbocycles. The molecular weight excluding hydrogens is 218 g/mol. The average molecular weight is 235 g/mol. The molecule has 3 nitrogen and oxygen atoms in total. The Kier molecular flexibility index (Phi) is 3.99. The molecule has 2 rings (SSSR count). The fraction of sp³-hybridized carbons (Fsp3) is 0.417. The van der Waals surface area contributed by atoms with Gasteiger partial charge in [-0.25, -0.2) is 4.98 Å². The number of aromatic nitrogens is 2. The van der Waals surface area contributed by atoms with Crippen LogP contribution in [0.25, 0.3) is 0 Å². The summed E-state index contributed by atoms with van der Waals surface area (Å²) in [6, 6.07) is 2.15. The van der Waals surface area contributed by atoms with Gasteiger partial charge in [-0.05, 0) is 28.8 Å². The number of hydrogen-bond acceptors (Lipinski definition) is 3. The molecule has 0 aromatic carbocycles. The molecule has 0 amide bonds. The molecule has 0 spiro atoms. The molecule has 0 aliphatic rings. The number of nitrogens with zero attached hydrogens (tertiary/aromatic N) is 2. The highest BCUT2D eigenvalue weighted by Gasteiger charge is 2.02. The summed E-state index contributed by atoms with van der Waals surface area (Å²) in [6.07, 6.45) is 6.26. The zero-order valence-corrected chi connectivity index (χ0v) is 10.3. The highest BCUT2D eigenvalue weighted by molar-refractivity contribution is 7.07. The second-order valence-corrected chi connectivity index (χ2v) is 4.57. The van der Waals surface area contributed by atoms with E-state index in [1.807, 2.05) is 12.4 Å². The summed E-state index contributed by atoms with van der Waals surface area (Å²) in [5.74, 6) is 0.972. The SMILES string of the molecule is CCCCNc1nccn1Cc1ccsc1. The monoisotopic (exact) mass is 235 g/mol. The first-order valence-corrected chi connectivity index (χ1v) is 6.60. The second-order valence-electron chi connectivity index (χ2n) is 3.79. The van der Waals surface area contributed by atoms with Crippen molar-refractivity contribution in [3.63, 3.8) is 0 Å². The molecule has 4 heteroatoms. The first-order chi connectivity index (χ1) is 7.90. The Hall–Kier alpha value is -1.29. The minimum absolute atomic E-state index is 0.901. The Morgan fingerprint density at radius 3 is 3.19 bits per heavy atom. The lowest BCUT2D eigenvalue weighted by Crippen LogP contribution is -2.08. The summed E-state index contributed by atoms with van der Waals surface area (Å²) < 4.78 is 2.15. The summed E-state index contributed by atoms with van der Waals surface area (Å²) in [4.78, 5) is 4.32. The maximum atomic E-state index is 4.32. The van der Waals surface area contributed by atoms with E-state index in [9.17, 15) is 0 Å². The van der Waals surface area contributed by atoms with Crippen molar-refractivity contribution in [3.05, 3.63) is 34.8 Å². The van der Waals surface area contributed by atoms with E-state index in [2.05, 4.69) is 38.6 Å². The van der Waals surface area contributed by atoms with Crippen LogP contribution in [0.3, 0.4) is 0 Å². The van der Waals surface area contributed by atoms with Crippen molar-refractivity contribution in [1.82, 2.24) is 9.55 Å². The summed E-state index contributed by atoms with van der Waals surface area (Å²) in [5, 5.41) is 7.65. The van der Waals surface area contributed by atoms with Gasteiger partial charge in [0.05, 0.1) is 6.54 Å². The molecule has 2 heterocycles. The molecule has 0 atom stereocenters. The molecule has 0 fully saturated rings. The van der Waals surface area contributed by atoms with E-state index in [0.717, 1.165) is 19.0 Å².